The first-order valence-corrected chi connectivity index (χ1v) is 9.59. The van der Waals surface area contributed by atoms with E-state index in [9.17, 15) is 9.59 Å². The van der Waals surface area contributed by atoms with Crippen LogP contribution in [0.4, 0.5) is 0 Å². The highest BCUT2D eigenvalue weighted by molar-refractivity contribution is 6.29. The van der Waals surface area contributed by atoms with Gasteiger partial charge in [-0.05, 0) is 11.6 Å². The van der Waals surface area contributed by atoms with Gasteiger partial charge >= 0.3 is 0 Å². The van der Waals surface area contributed by atoms with Crippen molar-refractivity contribution in [2.75, 3.05) is 0 Å². The monoisotopic (exact) mass is 376 g/mol. The summed E-state index contributed by atoms with van der Waals surface area (Å²) in [6, 6.07) is 25.5. The minimum absolute atomic E-state index is 0.0757. The molecule has 0 amide bonds. The largest absolute Gasteiger partial charge is 0.335 e. The normalized spacial score (nSPS) is 12.5. The molecule has 0 saturated heterocycles. The molecule has 1 aliphatic carbocycles. The molecule has 4 nitrogen and oxygen atoms in total. The third kappa shape index (κ3) is 2.14. The number of ketones is 1. The first kappa shape index (κ1) is 16.1. The molecule has 0 spiro atoms. The molecule has 1 aliphatic rings. The molecule has 5 aromatic rings. The van der Waals surface area contributed by atoms with E-state index < -0.39 is 0 Å². The van der Waals surface area contributed by atoms with Crippen molar-refractivity contribution in [2.45, 2.75) is 6.54 Å². The summed E-state index contributed by atoms with van der Waals surface area (Å²) < 4.78 is 2.14. The zero-order valence-corrected chi connectivity index (χ0v) is 15.5. The van der Waals surface area contributed by atoms with Gasteiger partial charge < -0.3 is 9.55 Å². The van der Waals surface area contributed by atoms with E-state index in [2.05, 4.69) is 21.7 Å². The van der Waals surface area contributed by atoms with Crippen molar-refractivity contribution in [3.8, 4) is 11.3 Å². The van der Waals surface area contributed by atoms with Gasteiger partial charge in [0.1, 0.15) is 0 Å². The van der Waals surface area contributed by atoms with Gasteiger partial charge in [0.05, 0.1) is 27.7 Å². The number of hydrogen-bond donors (Lipinski definition) is 1. The van der Waals surface area contributed by atoms with Crippen LogP contribution in [0.5, 0.6) is 0 Å². The van der Waals surface area contributed by atoms with Crippen molar-refractivity contribution in [1.82, 2.24) is 9.55 Å². The quantitative estimate of drug-likeness (QED) is 0.474. The number of hydrogen-bond acceptors (Lipinski definition) is 2. The van der Waals surface area contributed by atoms with Gasteiger partial charge in [0.25, 0.3) is 5.56 Å². The third-order valence-electron chi connectivity index (χ3n) is 5.76. The van der Waals surface area contributed by atoms with Gasteiger partial charge in [-0.25, -0.2) is 0 Å². The lowest BCUT2D eigenvalue weighted by atomic mass is 10.1. The second kappa shape index (κ2) is 5.79. The van der Waals surface area contributed by atoms with Crippen LogP contribution in [0.15, 0.2) is 83.7 Å². The van der Waals surface area contributed by atoms with Gasteiger partial charge in [0.2, 0.25) is 0 Å². The van der Waals surface area contributed by atoms with Gasteiger partial charge in [-0.2, -0.15) is 0 Å². The number of benzene rings is 3. The predicted molar refractivity (Wildman–Crippen MR) is 114 cm³/mol. The number of carbonyl (C=O) groups excluding carboxylic acids is 1. The Labute approximate surface area is 166 Å². The van der Waals surface area contributed by atoms with Crippen LogP contribution in [0.3, 0.4) is 0 Å². The summed E-state index contributed by atoms with van der Waals surface area (Å²) in [6.45, 7) is 0.585. The average molecular weight is 376 g/mol. The molecule has 0 fully saturated rings. The minimum Gasteiger partial charge on any atom is -0.335 e. The zero-order chi connectivity index (χ0) is 19.5. The molecule has 0 unspecified atom stereocenters. The van der Waals surface area contributed by atoms with Crippen molar-refractivity contribution in [2.24, 2.45) is 0 Å². The molecule has 0 saturated carbocycles. The smallest absolute Gasteiger partial charge is 0.258 e. The number of pyridine rings is 1. The SMILES string of the molecule is O=C1c2ccccc2-c2c1c1c(=O)[nH]c3ccccc3c1n2Cc1ccccc1. The Morgan fingerprint density at radius 3 is 2.28 bits per heavy atom. The maximum absolute atomic E-state index is 13.3. The number of carbonyl (C=O) groups is 1. The van der Waals surface area contributed by atoms with Crippen molar-refractivity contribution >= 4 is 27.6 Å². The highest BCUT2D eigenvalue weighted by Gasteiger charge is 2.35. The van der Waals surface area contributed by atoms with E-state index in [0.717, 1.165) is 33.2 Å². The van der Waals surface area contributed by atoms with Crippen LogP contribution in [-0.4, -0.2) is 15.3 Å². The summed E-state index contributed by atoms with van der Waals surface area (Å²) in [5, 5.41) is 1.42. The molecule has 0 aliphatic heterocycles. The van der Waals surface area contributed by atoms with Gasteiger partial charge in [-0.15, -0.1) is 0 Å². The number of aromatic nitrogens is 2. The predicted octanol–water partition coefficient (Wildman–Crippen LogP) is 4.74. The standard InChI is InChI=1S/C25H16N2O2/c28-24-17-11-5-4-10-16(17)22-20(24)21-23(27(22)14-15-8-2-1-3-9-15)18-12-6-7-13-19(18)26-25(21)29/h1-13H,14H2,(H,26,29). The minimum atomic E-state index is -0.220. The van der Waals surface area contributed by atoms with Crippen LogP contribution in [0.2, 0.25) is 0 Å². The van der Waals surface area contributed by atoms with Gasteiger partial charge in [-0.1, -0.05) is 72.8 Å². The molecule has 138 valence electrons. The molecule has 3 aromatic carbocycles. The van der Waals surface area contributed by atoms with Crippen molar-refractivity contribution in [1.29, 1.82) is 0 Å². The zero-order valence-electron chi connectivity index (χ0n) is 15.5. The molecule has 0 atom stereocenters. The Bertz CT molecular complexity index is 1510. The fourth-order valence-electron chi connectivity index (χ4n) is 4.55. The van der Waals surface area contributed by atoms with Crippen molar-refractivity contribution in [3.63, 3.8) is 0 Å². The van der Waals surface area contributed by atoms with Crippen LogP contribution in [0.1, 0.15) is 21.5 Å². The van der Waals surface area contributed by atoms with E-state index >= 15 is 0 Å². The lowest BCUT2D eigenvalue weighted by molar-refractivity contribution is 0.104. The molecule has 29 heavy (non-hydrogen) atoms. The second-order valence-corrected chi connectivity index (χ2v) is 7.39. The summed E-state index contributed by atoms with van der Waals surface area (Å²) in [5.74, 6) is -0.0757. The second-order valence-electron chi connectivity index (χ2n) is 7.39. The number of para-hydroxylation sites is 1. The number of rotatable bonds is 2. The molecule has 0 radical (unpaired) electrons. The Hall–Kier alpha value is -3.92. The highest BCUT2D eigenvalue weighted by Crippen LogP contribution is 2.43. The Balaban J connectivity index is 1.82. The molecule has 1 N–H and O–H groups in total. The van der Waals surface area contributed by atoms with Crippen LogP contribution in [0, 0.1) is 0 Å². The fourth-order valence-corrected chi connectivity index (χ4v) is 4.55. The summed E-state index contributed by atoms with van der Waals surface area (Å²) in [7, 11) is 0. The van der Waals surface area contributed by atoms with E-state index in [0.29, 0.717) is 23.1 Å². The van der Waals surface area contributed by atoms with E-state index in [4.69, 9.17) is 0 Å². The van der Waals surface area contributed by atoms with Crippen LogP contribution >= 0.6 is 0 Å². The number of H-pyrrole nitrogens is 1. The molecule has 4 heteroatoms. The summed E-state index contributed by atoms with van der Waals surface area (Å²) in [5.41, 5.74) is 5.40. The molecule has 2 heterocycles. The van der Waals surface area contributed by atoms with Crippen molar-refractivity contribution in [3.05, 3.63) is 106 Å². The fraction of sp³-hybridized carbons (Fsp3) is 0.0400. The van der Waals surface area contributed by atoms with Crippen molar-refractivity contribution < 1.29 is 4.79 Å². The number of nitrogens with one attached hydrogen (secondary N) is 1. The molecule has 2 aromatic heterocycles. The number of fused-ring (bicyclic) bond motifs is 7. The number of nitrogens with zero attached hydrogens (tertiary/aromatic N) is 1. The van der Waals surface area contributed by atoms with Crippen LogP contribution in [0.25, 0.3) is 33.1 Å². The summed E-state index contributed by atoms with van der Waals surface area (Å²) in [4.78, 5) is 29.3. The van der Waals surface area contributed by atoms with E-state index in [1.54, 1.807) is 0 Å². The average Bonchev–Trinajstić information content (AvgIpc) is 3.24. The van der Waals surface area contributed by atoms with E-state index in [-0.39, 0.29) is 11.3 Å². The molecular weight excluding hydrogens is 360 g/mol. The molecular formula is C25H16N2O2. The topological polar surface area (TPSA) is 54.9 Å². The summed E-state index contributed by atoms with van der Waals surface area (Å²) >= 11 is 0. The third-order valence-corrected chi connectivity index (χ3v) is 5.76. The maximum Gasteiger partial charge on any atom is 0.258 e. The van der Waals surface area contributed by atoms with Crippen LogP contribution in [-0.2, 0) is 6.54 Å². The molecule has 0 bridgehead atoms. The first-order valence-electron chi connectivity index (χ1n) is 9.59. The Kier molecular flexibility index (Phi) is 3.21. The first-order chi connectivity index (χ1) is 14.2. The summed E-state index contributed by atoms with van der Waals surface area (Å²) in [6.07, 6.45) is 0. The number of aromatic amines is 1. The van der Waals surface area contributed by atoms with E-state index in [1.807, 2.05) is 66.7 Å². The Morgan fingerprint density at radius 2 is 1.45 bits per heavy atom. The lowest BCUT2D eigenvalue weighted by Gasteiger charge is -2.12. The Morgan fingerprint density at radius 1 is 0.759 bits per heavy atom. The highest BCUT2D eigenvalue weighted by atomic mass is 16.1. The van der Waals surface area contributed by atoms with Crippen LogP contribution < -0.4 is 5.56 Å². The van der Waals surface area contributed by atoms with Gasteiger partial charge in [0, 0.05) is 23.1 Å². The lowest BCUT2D eigenvalue weighted by Crippen LogP contribution is -2.10. The molecule has 6 rings (SSSR count). The van der Waals surface area contributed by atoms with E-state index in [1.165, 1.54) is 0 Å². The maximum atomic E-state index is 13.3. The van der Waals surface area contributed by atoms with Gasteiger partial charge in [0.15, 0.2) is 5.78 Å². The van der Waals surface area contributed by atoms with Gasteiger partial charge in [-0.3, -0.25) is 9.59 Å².